The number of benzene rings is 1. The predicted octanol–water partition coefficient (Wildman–Crippen LogP) is 3.12. The van der Waals surface area contributed by atoms with Gasteiger partial charge in [-0.15, -0.1) is 13.2 Å². The average molecular weight is 332 g/mol. The van der Waals surface area contributed by atoms with Crippen molar-refractivity contribution in [1.82, 2.24) is 9.80 Å². The minimum atomic E-state index is -4.64. The molecule has 3 atom stereocenters. The minimum absolute atomic E-state index is 0.171. The van der Waals surface area contributed by atoms with Crippen molar-refractivity contribution in [1.29, 1.82) is 0 Å². The van der Waals surface area contributed by atoms with Crippen LogP contribution in [0.25, 0.3) is 0 Å². The highest BCUT2D eigenvalue weighted by atomic mass is 32.1. The maximum Gasteiger partial charge on any atom is 0.573 e. The lowest BCUT2D eigenvalue weighted by Crippen LogP contribution is -2.68. The topological polar surface area (TPSA) is 15.7 Å². The number of thiol groups is 1. The lowest BCUT2D eigenvalue weighted by Gasteiger charge is -2.57. The third-order valence-electron chi connectivity index (χ3n) is 4.42. The number of alkyl halides is 3. The smallest absolute Gasteiger partial charge is 0.406 e. The molecule has 0 aliphatic carbocycles. The Labute approximate surface area is 133 Å². The van der Waals surface area contributed by atoms with Crippen molar-refractivity contribution < 1.29 is 17.9 Å². The number of ether oxygens (including phenoxy) is 1. The molecule has 4 rings (SSSR count). The lowest BCUT2D eigenvalue weighted by atomic mass is 9.87. The summed E-state index contributed by atoms with van der Waals surface area (Å²) in [5.41, 5.74) is 1.01. The number of halogens is 3. The second-order valence-corrected chi connectivity index (χ2v) is 6.74. The fraction of sp³-hybridized carbons (Fsp3) is 0.600. The molecule has 0 N–H and O–H groups in total. The fourth-order valence-electron chi connectivity index (χ4n) is 3.29. The van der Waals surface area contributed by atoms with Gasteiger partial charge in [-0.25, -0.2) is 0 Å². The molecular formula is C15H19F3N2OS. The van der Waals surface area contributed by atoms with Crippen LogP contribution >= 0.6 is 12.6 Å². The Morgan fingerprint density at radius 1 is 1.23 bits per heavy atom. The van der Waals surface area contributed by atoms with Crippen LogP contribution in [-0.2, 0) is 6.54 Å². The van der Waals surface area contributed by atoms with Gasteiger partial charge in [0.1, 0.15) is 5.75 Å². The zero-order valence-corrected chi connectivity index (χ0v) is 13.1. The number of fused-ring (bicyclic) bond motifs is 2. The molecule has 3 unspecified atom stereocenters. The van der Waals surface area contributed by atoms with E-state index in [2.05, 4.69) is 34.1 Å². The van der Waals surface area contributed by atoms with Crippen molar-refractivity contribution in [3.05, 3.63) is 29.8 Å². The van der Waals surface area contributed by atoms with Gasteiger partial charge in [-0.3, -0.25) is 9.80 Å². The molecule has 0 radical (unpaired) electrons. The van der Waals surface area contributed by atoms with E-state index in [1.807, 2.05) is 0 Å². The number of rotatable bonds is 4. The summed E-state index contributed by atoms with van der Waals surface area (Å²) in [7, 11) is 0. The van der Waals surface area contributed by atoms with Gasteiger partial charge < -0.3 is 4.74 Å². The van der Waals surface area contributed by atoms with Crippen LogP contribution in [0.15, 0.2) is 24.3 Å². The molecule has 3 aliphatic rings. The molecular weight excluding hydrogens is 313 g/mol. The first-order valence-corrected chi connectivity index (χ1v) is 7.86. The first-order valence-electron chi connectivity index (χ1n) is 7.34. The summed E-state index contributed by atoms with van der Waals surface area (Å²) in [6.45, 7) is 4.88. The molecule has 0 saturated carbocycles. The van der Waals surface area contributed by atoms with Crippen LogP contribution in [0.3, 0.4) is 0 Å². The third kappa shape index (κ3) is 3.52. The van der Waals surface area contributed by atoms with Crippen molar-refractivity contribution >= 4 is 12.6 Å². The van der Waals surface area contributed by atoms with E-state index in [0.29, 0.717) is 12.1 Å². The number of nitrogens with zero attached hydrogens (tertiary/aromatic N) is 2. The molecule has 122 valence electrons. The summed E-state index contributed by atoms with van der Waals surface area (Å²) in [6.07, 6.45) is -3.44. The molecule has 2 bridgehead atoms. The SMILES string of the molecule is CC(S)N1CC2CC(C1)N2Cc1ccc(OC(F)(F)F)cc1. The highest BCUT2D eigenvalue weighted by Crippen LogP contribution is 2.35. The zero-order chi connectivity index (χ0) is 15.9. The van der Waals surface area contributed by atoms with Crippen LogP contribution in [0, 0.1) is 0 Å². The van der Waals surface area contributed by atoms with Gasteiger partial charge in [0.05, 0.1) is 5.37 Å². The van der Waals surface area contributed by atoms with Crippen LogP contribution < -0.4 is 4.74 Å². The van der Waals surface area contributed by atoms with E-state index in [-0.39, 0.29) is 11.1 Å². The van der Waals surface area contributed by atoms with E-state index in [1.54, 1.807) is 12.1 Å². The molecule has 3 heterocycles. The molecule has 22 heavy (non-hydrogen) atoms. The molecule has 0 spiro atoms. The van der Waals surface area contributed by atoms with E-state index in [9.17, 15) is 13.2 Å². The van der Waals surface area contributed by atoms with E-state index in [4.69, 9.17) is 0 Å². The van der Waals surface area contributed by atoms with Crippen LogP contribution in [0.5, 0.6) is 5.75 Å². The van der Waals surface area contributed by atoms with Crippen molar-refractivity contribution in [3.8, 4) is 5.75 Å². The Kier molecular flexibility index (Phi) is 4.31. The van der Waals surface area contributed by atoms with Gasteiger partial charge in [0.2, 0.25) is 0 Å². The fourth-order valence-corrected chi connectivity index (χ4v) is 3.48. The molecule has 3 aliphatic heterocycles. The standard InChI is InChI=1S/C15H19F3N2OS/c1-10(22)19-8-12-6-13(9-19)20(12)7-11-2-4-14(5-3-11)21-15(16,17)18/h2-5,10,12-13,22H,6-9H2,1H3. The molecule has 1 aromatic carbocycles. The highest BCUT2D eigenvalue weighted by Gasteiger charge is 2.44. The molecule has 3 saturated heterocycles. The second-order valence-electron chi connectivity index (χ2n) is 5.99. The van der Waals surface area contributed by atoms with Gasteiger partial charge in [-0.1, -0.05) is 12.1 Å². The van der Waals surface area contributed by atoms with E-state index in [0.717, 1.165) is 25.2 Å². The first-order chi connectivity index (χ1) is 10.3. The Morgan fingerprint density at radius 3 is 2.32 bits per heavy atom. The van der Waals surface area contributed by atoms with Gasteiger partial charge in [0.25, 0.3) is 0 Å². The number of piperidine rings is 1. The second kappa shape index (κ2) is 5.94. The Balaban J connectivity index is 1.57. The average Bonchev–Trinajstić information content (AvgIpc) is 2.44. The monoisotopic (exact) mass is 332 g/mol. The first kappa shape index (κ1) is 16.0. The Morgan fingerprint density at radius 2 is 1.82 bits per heavy atom. The maximum absolute atomic E-state index is 12.1. The normalized spacial score (nSPS) is 27.3. The number of hydrogen-bond donors (Lipinski definition) is 1. The van der Waals surface area contributed by atoms with Crippen molar-refractivity contribution in [3.63, 3.8) is 0 Å². The van der Waals surface area contributed by atoms with Crippen LogP contribution in [0.4, 0.5) is 13.2 Å². The van der Waals surface area contributed by atoms with Crippen molar-refractivity contribution in [2.45, 2.75) is 43.7 Å². The third-order valence-corrected chi connectivity index (χ3v) is 4.75. The number of hydrogen-bond acceptors (Lipinski definition) is 4. The molecule has 0 amide bonds. The van der Waals surface area contributed by atoms with Gasteiger partial charge in [-0.2, -0.15) is 12.6 Å². The highest BCUT2D eigenvalue weighted by molar-refractivity contribution is 7.80. The zero-order valence-electron chi connectivity index (χ0n) is 12.3. The molecule has 1 aromatic rings. The van der Waals surface area contributed by atoms with Crippen LogP contribution in [0.2, 0.25) is 0 Å². The van der Waals surface area contributed by atoms with Gasteiger partial charge in [0.15, 0.2) is 0 Å². The molecule has 3 nitrogen and oxygen atoms in total. The summed E-state index contributed by atoms with van der Waals surface area (Å²) < 4.78 is 40.3. The quantitative estimate of drug-likeness (QED) is 0.853. The van der Waals surface area contributed by atoms with Gasteiger partial charge >= 0.3 is 6.36 Å². The summed E-state index contributed by atoms with van der Waals surface area (Å²) in [6, 6.07) is 7.21. The summed E-state index contributed by atoms with van der Waals surface area (Å²) >= 11 is 4.48. The van der Waals surface area contributed by atoms with Crippen molar-refractivity contribution in [2.24, 2.45) is 0 Å². The molecule has 7 heteroatoms. The largest absolute Gasteiger partial charge is 0.573 e. The summed E-state index contributed by atoms with van der Waals surface area (Å²) in [4.78, 5) is 4.78. The van der Waals surface area contributed by atoms with E-state index < -0.39 is 6.36 Å². The van der Waals surface area contributed by atoms with Gasteiger partial charge in [-0.05, 0) is 31.0 Å². The maximum atomic E-state index is 12.1. The van der Waals surface area contributed by atoms with E-state index in [1.165, 1.54) is 18.6 Å². The predicted molar refractivity (Wildman–Crippen MR) is 80.9 cm³/mol. The van der Waals surface area contributed by atoms with E-state index >= 15 is 0 Å². The molecule has 3 fully saturated rings. The summed E-state index contributed by atoms with van der Waals surface area (Å²) in [5.74, 6) is -0.171. The van der Waals surface area contributed by atoms with Crippen LogP contribution in [-0.4, -0.2) is 46.7 Å². The minimum Gasteiger partial charge on any atom is -0.406 e. The molecule has 0 aromatic heterocycles. The summed E-state index contributed by atoms with van der Waals surface area (Å²) in [5, 5.41) is 0.270. The lowest BCUT2D eigenvalue weighted by molar-refractivity contribution is -0.274. The van der Waals surface area contributed by atoms with Crippen molar-refractivity contribution in [2.75, 3.05) is 13.1 Å². The Bertz CT molecular complexity index is 509. The number of piperazine rings is 1. The Hall–Kier alpha value is -0.920. The van der Waals surface area contributed by atoms with Gasteiger partial charge in [0, 0.05) is 31.7 Å². The van der Waals surface area contributed by atoms with Crippen LogP contribution in [0.1, 0.15) is 18.9 Å².